The normalized spacial score (nSPS) is 16.1. The van der Waals surface area contributed by atoms with Crippen molar-refractivity contribution >= 4 is 5.91 Å². The molecule has 0 saturated carbocycles. The molecule has 2 rings (SSSR count). The van der Waals surface area contributed by atoms with Crippen molar-refractivity contribution in [3.63, 3.8) is 0 Å². The number of piperidine rings is 1. The lowest BCUT2D eigenvalue weighted by molar-refractivity contribution is 0.0917. The van der Waals surface area contributed by atoms with Crippen molar-refractivity contribution in [2.45, 2.75) is 25.8 Å². The van der Waals surface area contributed by atoms with Crippen molar-refractivity contribution in [2.24, 2.45) is 0 Å². The van der Waals surface area contributed by atoms with Crippen molar-refractivity contribution in [3.05, 3.63) is 34.9 Å². The minimum absolute atomic E-state index is 0.0448. The predicted octanol–water partition coefficient (Wildman–Crippen LogP) is 1.16. The molecule has 21 heavy (non-hydrogen) atoms. The smallest absolute Gasteiger partial charge is 0.251 e. The number of carbonyl (C=O) groups is 1. The number of nitrogens with one attached hydrogen (secondary N) is 1. The molecule has 0 spiro atoms. The summed E-state index contributed by atoms with van der Waals surface area (Å²) in [6.45, 7) is 3.81. The van der Waals surface area contributed by atoms with E-state index in [1.54, 1.807) is 6.07 Å². The molecule has 0 aliphatic carbocycles. The molecule has 1 saturated heterocycles. The van der Waals surface area contributed by atoms with Crippen LogP contribution in [0, 0.1) is 18.8 Å². The Labute approximate surface area is 126 Å². The van der Waals surface area contributed by atoms with Crippen LogP contribution < -0.4 is 5.32 Å². The highest BCUT2D eigenvalue weighted by Gasteiger charge is 2.19. The lowest BCUT2D eigenvalue weighted by Gasteiger charge is -2.29. The zero-order valence-electron chi connectivity index (χ0n) is 12.6. The van der Waals surface area contributed by atoms with Gasteiger partial charge < -0.3 is 15.3 Å². The van der Waals surface area contributed by atoms with Crippen molar-refractivity contribution in [2.75, 3.05) is 26.7 Å². The van der Waals surface area contributed by atoms with E-state index in [0.29, 0.717) is 5.56 Å². The highest BCUT2D eigenvalue weighted by Crippen LogP contribution is 2.13. The van der Waals surface area contributed by atoms with Gasteiger partial charge in [-0.15, -0.1) is 0 Å². The van der Waals surface area contributed by atoms with Gasteiger partial charge in [0, 0.05) is 17.2 Å². The van der Waals surface area contributed by atoms with Crippen molar-refractivity contribution in [3.8, 4) is 11.8 Å². The molecular weight excluding hydrogens is 264 g/mol. The number of aryl methyl sites for hydroxylation is 1. The third-order valence-electron chi connectivity index (χ3n) is 3.86. The van der Waals surface area contributed by atoms with E-state index in [1.807, 2.05) is 19.1 Å². The average molecular weight is 286 g/mol. The van der Waals surface area contributed by atoms with E-state index in [0.717, 1.165) is 37.1 Å². The van der Waals surface area contributed by atoms with Gasteiger partial charge >= 0.3 is 0 Å². The van der Waals surface area contributed by atoms with Gasteiger partial charge in [0.1, 0.15) is 6.61 Å². The molecule has 0 radical (unpaired) electrons. The molecule has 1 aliphatic heterocycles. The van der Waals surface area contributed by atoms with Gasteiger partial charge in [0.15, 0.2) is 0 Å². The first kappa shape index (κ1) is 15.6. The minimum atomic E-state index is -0.175. The van der Waals surface area contributed by atoms with Crippen LogP contribution in [0.2, 0.25) is 0 Å². The van der Waals surface area contributed by atoms with Gasteiger partial charge in [-0.25, -0.2) is 0 Å². The molecule has 2 N–H and O–H groups in total. The van der Waals surface area contributed by atoms with Gasteiger partial charge in [-0.1, -0.05) is 17.9 Å². The van der Waals surface area contributed by atoms with Crippen LogP contribution in [0.25, 0.3) is 0 Å². The Balaban J connectivity index is 2.05. The minimum Gasteiger partial charge on any atom is -0.384 e. The van der Waals surface area contributed by atoms with Crippen LogP contribution in [-0.4, -0.2) is 48.7 Å². The highest BCUT2D eigenvalue weighted by atomic mass is 16.2. The van der Waals surface area contributed by atoms with E-state index in [4.69, 9.17) is 5.11 Å². The molecule has 112 valence electrons. The molecule has 4 nitrogen and oxygen atoms in total. The fourth-order valence-corrected chi connectivity index (χ4v) is 2.45. The maximum Gasteiger partial charge on any atom is 0.251 e. The zero-order valence-corrected chi connectivity index (χ0v) is 12.6. The van der Waals surface area contributed by atoms with Crippen LogP contribution in [0.1, 0.15) is 34.3 Å². The zero-order chi connectivity index (χ0) is 15.2. The summed E-state index contributed by atoms with van der Waals surface area (Å²) in [5, 5.41) is 11.9. The van der Waals surface area contributed by atoms with Crippen LogP contribution in [0.15, 0.2) is 18.2 Å². The molecule has 0 atom stereocenters. The largest absolute Gasteiger partial charge is 0.384 e. The third kappa shape index (κ3) is 4.32. The van der Waals surface area contributed by atoms with Gasteiger partial charge in [0.05, 0.1) is 0 Å². The first-order valence-electron chi connectivity index (χ1n) is 7.30. The second-order valence-corrected chi connectivity index (χ2v) is 5.54. The number of amides is 1. The van der Waals surface area contributed by atoms with Gasteiger partial charge in [-0.3, -0.25) is 4.79 Å². The number of benzene rings is 1. The Morgan fingerprint density at radius 3 is 2.81 bits per heavy atom. The summed E-state index contributed by atoms with van der Waals surface area (Å²) in [6.07, 6.45) is 1.98. The quantitative estimate of drug-likeness (QED) is 0.802. The fraction of sp³-hybridized carbons (Fsp3) is 0.471. The lowest BCUT2D eigenvalue weighted by Crippen LogP contribution is -2.43. The van der Waals surface area contributed by atoms with E-state index in [2.05, 4.69) is 29.1 Å². The van der Waals surface area contributed by atoms with Crippen LogP contribution >= 0.6 is 0 Å². The number of nitrogens with zero attached hydrogens (tertiary/aromatic N) is 1. The number of aliphatic hydroxyl groups excluding tert-OH is 1. The number of hydrogen-bond acceptors (Lipinski definition) is 3. The molecule has 1 amide bonds. The summed E-state index contributed by atoms with van der Waals surface area (Å²) >= 11 is 0. The molecular formula is C17H22N2O2. The molecule has 1 fully saturated rings. The number of aliphatic hydroxyl groups is 1. The molecule has 0 aromatic heterocycles. The first-order valence-corrected chi connectivity index (χ1v) is 7.30. The number of hydrogen-bond donors (Lipinski definition) is 2. The standard InChI is InChI=1S/C17H22N2O2/c1-13-5-6-15(12-14(13)4-3-11-20)17(21)18-16-7-9-19(2)10-8-16/h5-6,12,16,20H,7-11H2,1-2H3,(H,18,21). The highest BCUT2D eigenvalue weighted by molar-refractivity contribution is 5.94. The van der Waals surface area contributed by atoms with Crippen LogP contribution in [0.3, 0.4) is 0 Å². The molecule has 0 unspecified atom stereocenters. The summed E-state index contributed by atoms with van der Waals surface area (Å²) in [5.74, 6) is 5.46. The van der Waals surface area contributed by atoms with Gasteiger partial charge in [0.2, 0.25) is 0 Å². The predicted molar refractivity (Wildman–Crippen MR) is 83.1 cm³/mol. The molecule has 1 aliphatic rings. The van der Waals surface area contributed by atoms with Gasteiger partial charge in [0.25, 0.3) is 5.91 Å². The van der Waals surface area contributed by atoms with Gasteiger partial charge in [-0.2, -0.15) is 0 Å². The molecule has 1 heterocycles. The SMILES string of the molecule is Cc1ccc(C(=O)NC2CCN(C)CC2)cc1C#CCO. The third-order valence-corrected chi connectivity index (χ3v) is 3.86. The van der Waals surface area contributed by atoms with E-state index >= 15 is 0 Å². The summed E-state index contributed by atoms with van der Waals surface area (Å²) in [5.41, 5.74) is 2.42. The molecule has 1 aromatic carbocycles. The van der Waals surface area contributed by atoms with Crippen LogP contribution in [-0.2, 0) is 0 Å². The van der Waals surface area contributed by atoms with E-state index in [1.165, 1.54) is 0 Å². The topological polar surface area (TPSA) is 52.6 Å². The average Bonchev–Trinajstić information content (AvgIpc) is 2.48. The van der Waals surface area contributed by atoms with E-state index in [-0.39, 0.29) is 18.6 Å². The number of carbonyl (C=O) groups excluding carboxylic acids is 1. The summed E-state index contributed by atoms with van der Waals surface area (Å²) in [4.78, 5) is 14.6. The van der Waals surface area contributed by atoms with Crippen LogP contribution in [0.4, 0.5) is 0 Å². The first-order chi connectivity index (χ1) is 10.1. The Hall–Kier alpha value is -1.83. The second-order valence-electron chi connectivity index (χ2n) is 5.54. The Kier molecular flexibility index (Phi) is 5.38. The Morgan fingerprint density at radius 1 is 1.43 bits per heavy atom. The lowest BCUT2D eigenvalue weighted by atomic mass is 10.0. The summed E-state index contributed by atoms with van der Waals surface area (Å²) in [6, 6.07) is 5.76. The fourth-order valence-electron chi connectivity index (χ4n) is 2.45. The monoisotopic (exact) mass is 286 g/mol. The molecule has 0 bridgehead atoms. The Bertz CT molecular complexity index is 564. The molecule has 4 heteroatoms. The molecule has 1 aromatic rings. The second kappa shape index (κ2) is 7.26. The maximum absolute atomic E-state index is 12.3. The Morgan fingerprint density at radius 2 is 2.14 bits per heavy atom. The van der Waals surface area contributed by atoms with Crippen LogP contribution in [0.5, 0.6) is 0 Å². The summed E-state index contributed by atoms with van der Waals surface area (Å²) in [7, 11) is 2.10. The van der Waals surface area contributed by atoms with Gasteiger partial charge in [-0.05, 0) is 57.6 Å². The summed E-state index contributed by atoms with van der Waals surface area (Å²) < 4.78 is 0. The number of rotatable bonds is 2. The van der Waals surface area contributed by atoms with E-state index in [9.17, 15) is 4.79 Å². The van der Waals surface area contributed by atoms with E-state index < -0.39 is 0 Å². The van der Waals surface area contributed by atoms with Crippen molar-refractivity contribution in [1.82, 2.24) is 10.2 Å². The van der Waals surface area contributed by atoms with Crippen molar-refractivity contribution < 1.29 is 9.90 Å². The maximum atomic E-state index is 12.3. The van der Waals surface area contributed by atoms with Crippen molar-refractivity contribution in [1.29, 1.82) is 0 Å². The number of likely N-dealkylation sites (tertiary alicyclic amines) is 1.